The Labute approximate surface area is 136 Å². The molecule has 1 aromatic rings. The van der Waals surface area contributed by atoms with E-state index in [4.69, 9.17) is 8.37 Å². The second kappa shape index (κ2) is 4.39. The highest BCUT2D eigenvalue weighted by Crippen LogP contribution is 2.60. The predicted octanol–water partition coefficient (Wildman–Crippen LogP) is 3.49. The third-order valence-electron chi connectivity index (χ3n) is 6.51. The van der Waals surface area contributed by atoms with Gasteiger partial charge in [0.25, 0.3) is 0 Å². The summed E-state index contributed by atoms with van der Waals surface area (Å²) in [4.78, 5) is 0. The monoisotopic (exact) mass is 332 g/mol. The molecule has 0 saturated heterocycles. The van der Waals surface area contributed by atoms with Gasteiger partial charge in [-0.2, -0.15) is 8.42 Å². The van der Waals surface area contributed by atoms with Gasteiger partial charge in [-0.3, -0.25) is 0 Å². The number of fused-ring (bicyclic) bond motifs is 1. The van der Waals surface area contributed by atoms with Crippen LogP contribution in [0.2, 0.25) is 0 Å². The Kier molecular flexibility index (Phi) is 2.68. The Morgan fingerprint density at radius 1 is 1.22 bits per heavy atom. The Bertz CT molecular complexity index is 825. The fraction of sp³-hybridized carbons (Fsp3) is 0.556. The highest BCUT2D eigenvalue weighted by molar-refractivity contribution is 7.82. The smallest absolute Gasteiger partial charge is 0.362 e. The molecule has 7 aliphatic rings. The zero-order valence-corrected chi connectivity index (χ0v) is 13.9. The normalized spacial score (nSPS) is 39.5. The second-order valence-corrected chi connectivity index (χ2v) is 8.75. The molecule has 8 bridgehead atoms. The summed E-state index contributed by atoms with van der Waals surface area (Å²) in [5.74, 6) is 1.27. The van der Waals surface area contributed by atoms with Crippen LogP contribution in [-0.2, 0) is 21.0 Å². The molecule has 4 aliphatic heterocycles. The van der Waals surface area contributed by atoms with Gasteiger partial charge in [0.1, 0.15) is 5.75 Å². The molecule has 4 atom stereocenters. The maximum Gasteiger partial charge on any atom is 0.449 e. The van der Waals surface area contributed by atoms with E-state index in [0.29, 0.717) is 17.6 Å². The van der Waals surface area contributed by atoms with Crippen LogP contribution in [0.3, 0.4) is 0 Å². The van der Waals surface area contributed by atoms with Gasteiger partial charge in [-0.25, -0.2) is 4.18 Å². The molecule has 3 aliphatic carbocycles. The van der Waals surface area contributed by atoms with Gasteiger partial charge < -0.3 is 4.18 Å². The third kappa shape index (κ3) is 1.89. The number of benzene rings is 1. The van der Waals surface area contributed by atoms with Crippen LogP contribution in [0.1, 0.15) is 49.7 Å². The fourth-order valence-electron chi connectivity index (χ4n) is 5.39. The first-order valence-electron chi connectivity index (χ1n) is 8.42. The van der Waals surface area contributed by atoms with Crippen molar-refractivity contribution in [2.75, 3.05) is 0 Å². The summed E-state index contributed by atoms with van der Waals surface area (Å²) in [7, 11) is -4.02. The lowest BCUT2D eigenvalue weighted by molar-refractivity contribution is 0.0418. The average molecular weight is 332 g/mol. The van der Waals surface area contributed by atoms with Crippen molar-refractivity contribution in [3.63, 3.8) is 0 Å². The van der Waals surface area contributed by atoms with Crippen molar-refractivity contribution in [2.24, 2.45) is 11.3 Å². The molecule has 8 rings (SSSR count). The summed E-state index contributed by atoms with van der Waals surface area (Å²) in [5.41, 5.74) is 3.96. The predicted molar refractivity (Wildman–Crippen MR) is 85.5 cm³/mol. The van der Waals surface area contributed by atoms with E-state index in [0.717, 1.165) is 32.1 Å². The molecule has 0 unspecified atom stereocenters. The van der Waals surface area contributed by atoms with Crippen molar-refractivity contribution in [2.45, 2.75) is 51.0 Å². The second-order valence-electron chi connectivity index (χ2n) is 7.57. The first-order chi connectivity index (χ1) is 11.0. The van der Waals surface area contributed by atoms with Gasteiger partial charge in [-0.05, 0) is 61.3 Å². The standard InChI is InChI=1S/C18H20O4S/c1-18-9-8-14-13-5-3-12-10-11(13)2-4-15(14)16(18)6-7-17(18)22-23(19,20)21-12/h3-5,10,14,16-17H,2,6-9H2,1H3/t14-,16+,17-,18+/m1/s1. The lowest BCUT2D eigenvalue weighted by Crippen LogP contribution is -2.42. The summed E-state index contributed by atoms with van der Waals surface area (Å²) >= 11 is 0. The molecule has 0 aromatic heterocycles. The molecule has 0 amide bonds. The summed E-state index contributed by atoms with van der Waals surface area (Å²) in [6.45, 7) is 2.20. The minimum Gasteiger partial charge on any atom is -0.362 e. The summed E-state index contributed by atoms with van der Waals surface area (Å²) in [5, 5.41) is 0. The summed E-state index contributed by atoms with van der Waals surface area (Å²) in [6.07, 6.45) is 6.84. The highest BCUT2D eigenvalue weighted by Gasteiger charge is 2.54. The van der Waals surface area contributed by atoms with E-state index in [1.807, 2.05) is 6.07 Å². The molecule has 4 nitrogen and oxygen atoms in total. The van der Waals surface area contributed by atoms with Gasteiger partial charge in [0.2, 0.25) is 0 Å². The fourth-order valence-corrected chi connectivity index (χ4v) is 6.36. The van der Waals surface area contributed by atoms with Gasteiger partial charge in [-0.1, -0.05) is 24.6 Å². The molecule has 2 saturated carbocycles. The van der Waals surface area contributed by atoms with E-state index in [9.17, 15) is 8.42 Å². The molecular formula is C18H20O4S. The van der Waals surface area contributed by atoms with E-state index in [-0.39, 0.29) is 11.5 Å². The van der Waals surface area contributed by atoms with Crippen LogP contribution < -0.4 is 4.18 Å². The van der Waals surface area contributed by atoms with Crippen molar-refractivity contribution >= 4 is 10.4 Å². The molecule has 0 spiro atoms. The first-order valence-corrected chi connectivity index (χ1v) is 9.75. The molecule has 23 heavy (non-hydrogen) atoms. The van der Waals surface area contributed by atoms with Crippen molar-refractivity contribution in [3.05, 3.63) is 41.0 Å². The van der Waals surface area contributed by atoms with Crippen LogP contribution in [-0.4, -0.2) is 14.5 Å². The van der Waals surface area contributed by atoms with Gasteiger partial charge in [0.15, 0.2) is 0 Å². The van der Waals surface area contributed by atoms with Crippen LogP contribution in [0.15, 0.2) is 29.8 Å². The average Bonchev–Trinajstić information content (AvgIpc) is 2.82. The van der Waals surface area contributed by atoms with Crippen LogP contribution in [0.25, 0.3) is 0 Å². The zero-order chi connectivity index (χ0) is 15.8. The number of hydrogen-bond donors (Lipinski definition) is 0. The zero-order valence-electron chi connectivity index (χ0n) is 13.1. The van der Waals surface area contributed by atoms with Crippen molar-refractivity contribution in [1.82, 2.24) is 0 Å². The Balaban J connectivity index is 1.75. The van der Waals surface area contributed by atoms with Crippen LogP contribution >= 0.6 is 0 Å². The number of hydrogen-bond acceptors (Lipinski definition) is 4. The molecule has 2 fully saturated rings. The van der Waals surface area contributed by atoms with Crippen molar-refractivity contribution in [3.8, 4) is 5.75 Å². The van der Waals surface area contributed by atoms with Crippen molar-refractivity contribution < 1.29 is 16.8 Å². The maximum absolute atomic E-state index is 12.3. The van der Waals surface area contributed by atoms with E-state index >= 15 is 0 Å². The molecule has 0 N–H and O–H groups in total. The lowest BCUT2D eigenvalue weighted by atomic mass is 9.59. The Morgan fingerprint density at radius 3 is 2.96 bits per heavy atom. The summed E-state index contributed by atoms with van der Waals surface area (Å²) in [6, 6.07) is 5.68. The van der Waals surface area contributed by atoms with E-state index < -0.39 is 10.4 Å². The minimum absolute atomic E-state index is 0.104. The molecule has 0 radical (unpaired) electrons. The topological polar surface area (TPSA) is 52.6 Å². The summed E-state index contributed by atoms with van der Waals surface area (Å²) < 4.78 is 35.4. The Morgan fingerprint density at radius 2 is 2.09 bits per heavy atom. The number of allylic oxidation sites excluding steroid dienone is 2. The Hall–Kier alpha value is -1.33. The minimum atomic E-state index is -4.02. The lowest BCUT2D eigenvalue weighted by Gasteiger charge is -2.46. The van der Waals surface area contributed by atoms with Gasteiger partial charge in [0.05, 0.1) is 6.10 Å². The maximum atomic E-state index is 12.3. The SMILES string of the molecule is C[C@@]12CC[C@H]3C4=CCc5cc(ccc53)OS(=O)(=O)O[C@@H]1CC[C@@H]42. The molecule has 1 aromatic carbocycles. The van der Waals surface area contributed by atoms with Gasteiger partial charge in [-0.15, -0.1) is 0 Å². The molecule has 4 heterocycles. The third-order valence-corrected chi connectivity index (χ3v) is 7.37. The van der Waals surface area contributed by atoms with Gasteiger partial charge in [0, 0.05) is 11.3 Å². The largest absolute Gasteiger partial charge is 0.449 e. The first kappa shape index (κ1) is 14.1. The van der Waals surface area contributed by atoms with E-state index in [1.54, 1.807) is 6.07 Å². The molecule has 5 heteroatoms. The van der Waals surface area contributed by atoms with Crippen LogP contribution in [0, 0.1) is 11.3 Å². The van der Waals surface area contributed by atoms with E-state index in [1.165, 1.54) is 16.7 Å². The van der Waals surface area contributed by atoms with Crippen LogP contribution in [0.4, 0.5) is 0 Å². The van der Waals surface area contributed by atoms with E-state index in [2.05, 4.69) is 19.1 Å². The van der Waals surface area contributed by atoms with Crippen molar-refractivity contribution in [1.29, 1.82) is 0 Å². The number of rotatable bonds is 0. The molecule has 122 valence electrons. The molecular weight excluding hydrogens is 312 g/mol. The highest BCUT2D eigenvalue weighted by atomic mass is 32.3. The van der Waals surface area contributed by atoms with Crippen LogP contribution in [0.5, 0.6) is 5.75 Å². The van der Waals surface area contributed by atoms with Gasteiger partial charge >= 0.3 is 10.4 Å². The quantitative estimate of drug-likeness (QED) is 0.683.